The van der Waals surface area contributed by atoms with Gasteiger partial charge in [-0.15, -0.1) is 11.6 Å². The Labute approximate surface area is 129 Å². The molecule has 0 aliphatic rings. The number of alkyl halides is 7. The van der Waals surface area contributed by atoms with Gasteiger partial charge in [0.05, 0.1) is 5.88 Å². The Morgan fingerprint density at radius 2 is 1.52 bits per heavy atom. The second-order valence-corrected chi connectivity index (χ2v) is 6.21. The molecule has 0 spiro atoms. The van der Waals surface area contributed by atoms with Gasteiger partial charge in [-0.3, -0.25) is 4.79 Å². The second kappa shape index (κ2) is 7.15. The van der Waals surface area contributed by atoms with E-state index < -0.39 is 50.1 Å². The maximum Gasteiger partial charge on any atom is 0.446 e. The molecule has 0 amide bonds. The van der Waals surface area contributed by atoms with E-state index in [1.165, 1.54) is 6.07 Å². The highest BCUT2D eigenvalue weighted by Gasteiger charge is 2.35. The number of halogens is 7. The number of benzene rings is 1. The Balaban J connectivity index is 3.10. The van der Waals surface area contributed by atoms with Gasteiger partial charge in [0.25, 0.3) is 0 Å². The third-order valence-corrected chi connectivity index (χ3v) is 4.03. The molecule has 0 saturated heterocycles. The van der Waals surface area contributed by atoms with Crippen molar-refractivity contribution in [2.75, 3.05) is 5.88 Å². The molecule has 1 nitrogen and oxygen atoms in total. The summed E-state index contributed by atoms with van der Waals surface area (Å²) in [4.78, 5) is 9.99. The fraction of sp³-hybridized carbons (Fsp3) is 0.364. The molecule has 0 atom stereocenters. The Hall–Kier alpha value is -0.540. The van der Waals surface area contributed by atoms with Crippen molar-refractivity contribution in [3.05, 3.63) is 23.8 Å². The van der Waals surface area contributed by atoms with E-state index in [9.17, 15) is 31.1 Å². The second-order valence-electron chi connectivity index (χ2n) is 3.73. The van der Waals surface area contributed by atoms with Crippen molar-refractivity contribution < 1.29 is 31.1 Å². The predicted octanol–water partition coefficient (Wildman–Crippen LogP) is 5.26. The van der Waals surface area contributed by atoms with Gasteiger partial charge in [-0.2, -0.15) is 26.3 Å². The van der Waals surface area contributed by atoms with Crippen molar-refractivity contribution >= 4 is 40.9 Å². The summed E-state index contributed by atoms with van der Waals surface area (Å²) in [6.45, 7) is 0. The summed E-state index contributed by atoms with van der Waals surface area (Å²) < 4.78 is 74.2. The standard InChI is InChI=1S/C11H7ClF6OS2/c12-5-7(19)3-6-1-2-8(20-10(13,14)15)9(4-6)21-11(16,17)18/h1-2,4H,3,5H2. The Morgan fingerprint density at radius 1 is 1.00 bits per heavy atom. The highest BCUT2D eigenvalue weighted by molar-refractivity contribution is 8.03. The lowest BCUT2D eigenvalue weighted by atomic mass is 10.1. The van der Waals surface area contributed by atoms with Crippen LogP contribution in [0.5, 0.6) is 0 Å². The number of carbonyl (C=O) groups is 1. The lowest BCUT2D eigenvalue weighted by molar-refractivity contribution is -0.116. The summed E-state index contributed by atoms with van der Waals surface area (Å²) in [5, 5.41) is 0. The minimum Gasteiger partial charge on any atom is -0.298 e. The van der Waals surface area contributed by atoms with Crippen LogP contribution in [-0.2, 0) is 11.2 Å². The third-order valence-electron chi connectivity index (χ3n) is 2.01. The summed E-state index contributed by atoms with van der Waals surface area (Å²) in [5.41, 5.74) is -9.25. The Kier molecular flexibility index (Phi) is 6.30. The van der Waals surface area contributed by atoms with Gasteiger partial charge in [0.15, 0.2) is 5.78 Å². The van der Waals surface area contributed by atoms with Crippen molar-refractivity contribution in [2.45, 2.75) is 27.2 Å². The van der Waals surface area contributed by atoms with Crippen LogP contribution >= 0.6 is 35.1 Å². The molecular formula is C11H7ClF6OS2. The molecule has 1 aromatic carbocycles. The van der Waals surface area contributed by atoms with Crippen molar-refractivity contribution in [2.24, 2.45) is 0 Å². The maximum absolute atomic E-state index is 12.4. The highest BCUT2D eigenvalue weighted by atomic mass is 35.5. The SMILES string of the molecule is O=C(CCl)Cc1ccc(SC(F)(F)F)c(SC(F)(F)F)c1. The fourth-order valence-corrected chi connectivity index (χ4v) is 2.87. The number of carbonyl (C=O) groups excluding carboxylic acids is 1. The molecule has 1 rings (SSSR count). The van der Waals surface area contributed by atoms with E-state index in [4.69, 9.17) is 11.6 Å². The average molecular weight is 369 g/mol. The van der Waals surface area contributed by atoms with Crippen molar-refractivity contribution in [1.29, 1.82) is 0 Å². The molecule has 0 fully saturated rings. The first-order chi connectivity index (χ1) is 9.50. The summed E-state index contributed by atoms with van der Waals surface area (Å²) in [6.07, 6.45) is -0.230. The van der Waals surface area contributed by atoms with Gasteiger partial charge in [0.2, 0.25) is 0 Å². The monoisotopic (exact) mass is 368 g/mol. The molecule has 21 heavy (non-hydrogen) atoms. The van der Waals surface area contributed by atoms with Crippen LogP contribution in [0, 0.1) is 0 Å². The van der Waals surface area contributed by atoms with E-state index in [0.29, 0.717) is 0 Å². The molecular weight excluding hydrogens is 362 g/mol. The van der Waals surface area contributed by atoms with E-state index in [1.807, 2.05) is 0 Å². The predicted molar refractivity (Wildman–Crippen MR) is 69.7 cm³/mol. The first-order valence-electron chi connectivity index (χ1n) is 5.22. The molecule has 118 valence electrons. The lowest BCUT2D eigenvalue weighted by Crippen LogP contribution is -2.06. The summed E-state index contributed by atoms with van der Waals surface area (Å²) in [5.74, 6) is -0.753. The quantitative estimate of drug-likeness (QED) is 0.401. The van der Waals surface area contributed by atoms with Crippen LogP contribution in [0.3, 0.4) is 0 Å². The van der Waals surface area contributed by atoms with Crippen LogP contribution in [0.25, 0.3) is 0 Å². The van der Waals surface area contributed by atoms with E-state index in [2.05, 4.69) is 0 Å². The van der Waals surface area contributed by atoms with Gasteiger partial charge in [-0.05, 0) is 41.2 Å². The Morgan fingerprint density at radius 3 is 2.00 bits per heavy atom. The summed E-state index contributed by atoms with van der Waals surface area (Å²) in [6, 6.07) is 3.03. The zero-order valence-corrected chi connectivity index (χ0v) is 12.4. The topological polar surface area (TPSA) is 17.1 Å². The number of rotatable bonds is 5. The molecule has 0 radical (unpaired) electrons. The Bertz CT molecular complexity index is 514. The molecule has 0 N–H and O–H groups in total. The lowest BCUT2D eigenvalue weighted by Gasteiger charge is -2.13. The zero-order valence-electron chi connectivity index (χ0n) is 10.0. The molecule has 0 aliphatic carbocycles. The van der Waals surface area contributed by atoms with E-state index >= 15 is 0 Å². The average Bonchev–Trinajstić information content (AvgIpc) is 2.28. The molecule has 0 unspecified atom stereocenters. The molecule has 0 aliphatic heterocycles. The maximum atomic E-state index is 12.4. The van der Waals surface area contributed by atoms with Crippen molar-refractivity contribution in [3.8, 4) is 0 Å². The first kappa shape index (κ1) is 18.5. The van der Waals surface area contributed by atoms with Gasteiger partial charge in [0, 0.05) is 16.2 Å². The number of thioether (sulfide) groups is 2. The van der Waals surface area contributed by atoms with Gasteiger partial charge < -0.3 is 0 Å². The van der Waals surface area contributed by atoms with Gasteiger partial charge in [0.1, 0.15) is 0 Å². The molecule has 10 heteroatoms. The van der Waals surface area contributed by atoms with Crippen LogP contribution in [0.1, 0.15) is 5.56 Å². The van der Waals surface area contributed by atoms with E-state index in [1.54, 1.807) is 0 Å². The number of hydrogen-bond acceptors (Lipinski definition) is 3. The summed E-state index contributed by atoms with van der Waals surface area (Å²) >= 11 is 4.00. The first-order valence-corrected chi connectivity index (χ1v) is 7.39. The third kappa shape index (κ3) is 7.32. The highest BCUT2D eigenvalue weighted by Crippen LogP contribution is 2.46. The molecule has 0 saturated carbocycles. The minimum atomic E-state index is -4.73. The number of hydrogen-bond donors (Lipinski definition) is 0. The van der Waals surface area contributed by atoms with Crippen LogP contribution in [0.2, 0.25) is 0 Å². The smallest absolute Gasteiger partial charge is 0.298 e. The summed E-state index contributed by atoms with van der Waals surface area (Å²) in [7, 11) is 0. The molecule has 0 bridgehead atoms. The van der Waals surface area contributed by atoms with Gasteiger partial charge in [-0.25, -0.2) is 0 Å². The van der Waals surface area contributed by atoms with Crippen molar-refractivity contribution in [3.63, 3.8) is 0 Å². The zero-order chi connectivity index (χ0) is 16.3. The van der Waals surface area contributed by atoms with Crippen LogP contribution in [0.15, 0.2) is 28.0 Å². The fourth-order valence-electron chi connectivity index (χ4n) is 1.35. The minimum absolute atomic E-state index is 0.180. The van der Waals surface area contributed by atoms with Gasteiger partial charge >= 0.3 is 11.0 Å². The number of Topliss-reactive ketones (excluding diaryl/α,β-unsaturated/α-hetero) is 1. The largest absolute Gasteiger partial charge is 0.446 e. The molecule has 0 aromatic heterocycles. The van der Waals surface area contributed by atoms with E-state index in [0.717, 1.165) is 12.1 Å². The van der Waals surface area contributed by atoms with Crippen molar-refractivity contribution in [1.82, 2.24) is 0 Å². The van der Waals surface area contributed by atoms with Gasteiger partial charge in [-0.1, -0.05) is 6.07 Å². The van der Waals surface area contributed by atoms with E-state index in [-0.39, 0.29) is 17.9 Å². The number of ketones is 1. The van der Waals surface area contributed by atoms with Crippen LogP contribution < -0.4 is 0 Å². The van der Waals surface area contributed by atoms with Crippen LogP contribution in [0.4, 0.5) is 26.3 Å². The van der Waals surface area contributed by atoms with Crippen LogP contribution in [-0.4, -0.2) is 22.7 Å². The molecule has 0 heterocycles. The normalized spacial score (nSPS) is 12.5. The molecule has 1 aromatic rings.